The summed E-state index contributed by atoms with van der Waals surface area (Å²) in [7, 11) is 0. The maximum atomic E-state index is 10.3. The molecule has 12 heavy (non-hydrogen) atoms. The van der Waals surface area contributed by atoms with Crippen molar-refractivity contribution in [1.82, 2.24) is 0 Å². The van der Waals surface area contributed by atoms with Crippen LogP contribution in [0.4, 0.5) is 0 Å². The Labute approximate surface area is 68.0 Å². The molecule has 4 N–H and O–H groups in total. The van der Waals surface area contributed by atoms with Crippen LogP contribution in [0.1, 0.15) is 0 Å². The molecule has 1 aliphatic heterocycles. The molecule has 1 saturated heterocycles. The summed E-state index contributed by atoms with van der Waals surface area (Å²) in [5.74, 6) is -0.619. The van der Waals surface area contributed by atoms with Gasteiger partial charge in [-0.3, -0.25) is 0 Å². The summed E-state index contributed by atoms with van der Waals surface area (Å²) in [6.45, 7) is -0.681. The molecule has 0 amide bonds. The third-order valence-corrected chi connectivity index (χ3v) is 1.66. The standard InChI is InChI=1S/C6H10O6/c7-1-2(8)3(9)4(10)5-6(11)12-5/h2-5,7-10H,1H2/t2-,3+,4+,5-/m1/s1. The van der Waals surface area contributed by atoms with E-state index in [0.29, 0.717) is 0 Å². The first-order valence-electron chi connectivity index (χ1n) is 3.43. The Balaban J connectivity index is 2.40. The number of aliphatic hydroxyl groups is 4. The van der Waals surface area contributed by atoms with Crippen LogP contribution in [0.5, 0.6) is 0 Å². The molecule has 1 rings (SSSR count). The molecule has 0 bridgehead atoms. The fraction of sp³-hybridized carbons (Fsp3) is 0.833. The van der Waals surface area contributed by atoms with Gasteiger partial charge in [-0.05, 0) is 0 Å². The van der Waals surface area contributed by atoms with Gasteiger partial charge >= 0.3 is 5.97 Å². The molecule has 6 nitrogen and oxygen atoms in total. The summed E-state index contributed by atoms with van der Waals surface area (Å²) in [6, 6.07) is 0. The van der Waals surface area contributed by atoms with E-state index in [2.05, 4.69) is 4.74 Å². The van der Waals surface area contributed by atoms with E-state index in [4.69, 9.17) is 20.4 Å². The number of rotatable bonds is 4. The lowest BCUT2D eigenvalue weighted by Crippen LogP contribution is -2.42. The smallest absolute Gasteiger partial charge is 0.351 e. The lowest BCUT2D eigenvalue weighted by Gasteiger charge is -2.18. The van der Waals surface area contributed by atoms with Gasteiger partial charge in [0, 0.05) is 0 Å². The molecule has 0 spiro atoms. The van der Waals surface area contributed by atoms with Crippen LogP contribution in [0.2, 0.25) is 0 Å². The van der Waals surface area contributed by atoms with E-state index >= 15 is 0 Å². The van der Waals surface area contributed by atoms with Crippen molar-refractivity contribution in [2.75, 3.05) is 6.61 Å². The highest BCUT2D eigenvalue weighted by molar-refractivity contribution is 5.88. The van der Waals surface area contributed by atoms with E-state index in [9.17, 15) is 4.79 Å². The predicted molar refractivity (Wildman–Crippen MR) is 35.0 cm³/mol. The second kappa shape index (κ2) is 3.36. The van der Waals surface area contributed by atoms with E-state index < -0.39 is 37.0 Å². The van der Waals surface area contributed by atoms with Gasteiger partial charge in [-0.25, -0.2) is 4.79 Å². The van der Waals surface area contributed by atoms with Crippen LogP contribution < -0.4 is 0 Å². The quantitative estimate of drug-likeness (QED) is 0.341. The first kappa shape index (κ1) is 9.40. The Bertz CT molecular complexity index is 181. The van der Waals surface area contributed by atoms with Crippen molar-refractivity contribution in [3.63, 3.8) is 0 Å². The average Bonchev–Trinajstić information content (AvgIpc) is 2.78. The predicted octanol–water partition coefficient (Wildman–Crippen LogP) is -3.01. The average molecular weight is 178 g/mol. The van der Waals surface area contributed by atoms with Crippen LogP contribution in [0, 0.1) is 0 Å². The number of epoxide rings is 1. The van der Waals surface area contributed by atoms with E-state index in [1.165, 1.54) is 0 Å². The third kappa shape index (κ3) is 1.72. The number of carbonyl (C=O) groups is 1. The molecule has 0 unspecified atom stereocenters. The number of aliphatic hydroxyl groups excluding tert-OH is 4. The minimum Gasteiger partial charge on any atom is -0.445 e. The van der Waals surface area contributed by atoms with Crippen LogP contribution in [0.25, 0.3) is 0 Å². The van der Waals surface area contributed by atoms with Gasteiger partial charge < -0.3 is 25.2 Å². The molecular formula is C6H10O6. The summed E-state index contributed by atoms with van der Waals surface area (Å²) < 4.78 is 4.25. The van der Waals surface area contributed by atoms with E-state index in [0.717, 1.165) is 0 Å². The van der Waals surface area contributed by atoms with Crippen LogP contribution in [0.15, 0.2) is 0 Å². The number of ether oxygens (including phenoxy) is 1. The van der Waals surface area contributed by atoms with Crippen LogP contribution >= 0.6 is 0 Å². The number of cyclic esters (lactones) is 1. The highest BCUT2D eigenvalue weighted by Crippen LogP contribution is 2.20. The van der Waals surface area contributed by atoms with E-state index in [1.54, 1.807) is 0 Å². The van der Waals surface area contributed by atoms with Crippen LogP contribution in [-0.4, -0.2) is 57.4 Å². The highest BCUT2D eigenvalue weighted by Gasteiger charge is 2.48. The van der Waals surface area contributed by atoms with Crippen molar-refractivity contribution in [1.29, 1.82) is 0 Å². The van der Waals surface area contributed by atoms with E-state index in [-0.39, 0.29) is 0 Å². The molecule has 1 fully saturated rings. The summed E-state index contributed by atoms with van der Waals surface area (Å²) in [5, 5.41) is 35.3. The number of carbonyl (C=O) groups excluding carboxylic acids is 1. The Kier molecular flexibility index (Phi) is 2.63. The Morgan fingerprint density at radius 2 is 1.92 bits per heavy atom. The van der Waals surface area contributed by atoms with Crippen molar-refractivity contribution in [2.45, 2.75) is 24.4 Å². The normalized spacial score (nSPS) is 29.0. The summed E-state index contributed by atoms with van der Waals surface area (Å²) >= 11 is 0. The highest BCUT2D eigenvalue weighted by atomic mass is 16.7. The third-order valence-electron chi connectivity index (χ3n) is 1.66. The zero-order chi connectivity index (χ0) is 9.30. The monoisotopic (exact) mass is 178 g/mol. The molecule has 0 aromatic heterocycles. The molecule has 0 radical (unpaired) electrons. The van der Waals surface area contributed by atoms with Crippen LogP contribution in [0.3, 0.4) is 0 Å². The second-order valence-electron chi connectivity index (χ2n) is 2.59. The molecule has 0 aromatic carbocycles. The number of hydrogen-bond acceptors (Lipinski definition) is 6. The first-order valence-corrected chi connectivity index (χ1v) is 3.43. The molecule has 4 atom stereocenters. The molecule has 1 heterocycles. The Morgan fingerprint density at radius 1 is 1.42 bits per heavy atom. The van der Waals surface area contributed by atoms with Gasteiger partial charge in [0.25, 0.3) is 0 Å². The van der Waals surface area contributed by atoms with Crippen molar-refractivity contribution >= 4 is 5.97 Å². The van der Waals surface area contributed by atoms with Gasteiger partial charge in [0.1, 0.15) is 18.3 Å². The first-order chi connectivity index (χ1) is 5.57. The molecule has 1 aliphatic rings. The lowest BCUT2D eigenvalue weighted by molar-refractivity contribution is -0.117. The molecule has 0 aliphatic carbocycles. The molecule has 0 saturated carbocycles. The lowest BCUT2D eigenvalue weighted by atomic mass is 10.1. The zero-order valence-corrected chi connectivity index (χ0v) is 6.12. The van der Waals surface area contributed by atoms with Gasteiger partial charge in [-0.15, -0.1) is 0 Å². The van der Waals surface area contributed by atoms with Crippen molar-refractivity contribution in [2.24, 2.45) is 0 Å². The molecular weight excluding hydrogens is 168 g/mol. The maximum Gasteiger partial charge on any atom is 0.351 e. The van der Waals surface area contributed by atoms with Gasteiger partial charge in [0.05, 0.1) is 6.61 Å². The van der Waals surface area contributed by atoms with Crippen LogP contribution in [-0.2, 0) is 9.53 Å². The molecule has 0 aromatic rings. The largest absolute Gasteiger partial charge is 0.445 e. The fourth-order valence-corrected chi connectivity index (χ4v) is 0.815. The molecule has 70 valence electrons. The second-order valence-corrected chi connectivity index (χ2v) is 2.59. The summed E-state index contributed by atoms with van der Waals surface area (Å²) in [5.41, 5.74) is 0. The maximum absolute atomic E-state index is 10.3. The summed E-state index contributed by atoms with van der Waals surface area (Å²) in [6.07, 6.45) is -5.55. The minimum absolute atomic E-state index is 0.619. The van der Waals surface area contributed by atoms with Gasteiger partial charge in [0.2, 0.25) is 6.10 Å². The Morgan fingerprint density at radius 3 is 2.25 bits per heavy atom. The fourth-order valence-electron chi connectivity index (χ4n) is 0.815. The van der Waals surface area contributed by atoms with E-state index in [1.807, 2.05) is 0 Å². The van der Waals surface area contributed by atoms with Gasteiger partial charge in [-0.1, -0.05) is 0 Å². The Hall–Kier alpha value is -0.690. The number of hydrogen-bond donors (Lipinski definition) is 4. The van der Waals surface area contributed by atoms with Crippen molar-refractivity contribution in [3.05, 3.63) is 0 Å². The van der Waals surface area contributed by atoms with Crippen molar-refractivity contribution < 1.29 is 30.0 Å². The van der Waals surface area contributed by atoms with Gasteiger partial charge in [0.15, 0.2) is 0 Å². The topological polar surface area (TPSA) is 111 Å². The van der Waals surface area contributed by atoms with Crippen molar-refractivity contribution in [3.8, 4) is 0 Å². The molecule has 6 heteroatoms. The van der Waals surface area contributed by atoms with Gasteiger partial charge in [-0.2, -0.15) is 0 Å². The SMILES string of the molecule is O=C1O[C@@H]1[C@@H](O)[C@@H](O)[C@H](O)CO. The summed E-state index contributed by atoms with van der Waals surface area (Å²) in [4.78, 5) is 10.3. The minimum atomic E-state index is -1.56. The zero-order valence-electron chi connectivity index (χ0n) is 6.12.